The third-order valence-corrected chi connectivity index (χ3v) is 1.30. The van der Waals surface area contributed by atoms with Gasteiger partial charge >= 0.3 is 0 Å². The standard InChI is InChI=1S/C7H6NOS/c9-7(5-10)6-3-1-2-4-8-6/h1-4,7,9H. The molecule has 0 aliphatic heterocycles. The van der Waals surface area contributed by atoms with Crippen molar-refractivity contribution >= 4 is 17.6 Å². The second-order valence-corrected chi connectivity index (χ2v) is 2.01. The SMILES string of the molecule is OC([C]=S)c1ccccn1. The Kier molecular flexibility index (Phi) is 2.48. The van der Waals surface area contributed by atoms with Crippen LogP contribution in [0.15, 0.2) is 24.4 Å². The molecule has 1 unspecified atom stereocenters. The first-order chi connectivity index (χ1) is 4.84. The lowest BCUT2D eigenvalue weighted by atomic mass is 10.2. The molecule has 3 heteroatoms. The van der Waals surface area contributed by atoms with E-state index in [1.807, 2.05) is 0 Å². The highest BCUT2D eigenvalue weighted by Crippen LogP contribution is 2.04. The van der Waals surface area contributed by atoms with E-state index in [1.54, 1.807) is 24.4 Å². The molecule has 0 aromatic carbocycles. The molecule has 51 valence electrons. The zero-order chi connectivity index (χ0) is 7.40. The van der Waals surface area contributed by atoms with Crippen molar-refractivity contribution in [3.05, 3.63) is 30.1 Å². The lowest BCUT2D eigenvalue weighted by Crippen LogP contribution is -1.98. The van der Waals surface area contributed by atoms with Gasteiger partial charge in [-0.05, 0) is 12.1 Å². The molecule has 10 heavy (non-hydrogen) atoms. The van der Waals surface area contributed by atoms with Gasteiger partial charge in [0.2, 0.25) is 0 Å². The Hall–Kier alpha value is -0.800. The van der Waals surface area contributed by atoms with Gasteiger partial charge in [-0.1, -0.05) is 18.3 Å². The summed E-state index contributed by atoms with van der Waals surface area (Å²) < 4.78 is 0. The van der Waals surface area contributed by atoms with Crippen LogP contribution in [0.3, 0.4) is 0 Å². The molecule has 1 atom stereocenters. The molecule has 1 aromatic rings. The Bertz CT molecular complexity index is 212. The second kappa shape index (κ2) is 3.39. The summed E-state index contributed by atoms with van der Waals surface area (Å²) in [6.45, 7) is 0. The average Bonchev–Trinajstić information content (AvgIpc) is 2.05. The molecule has 0 amide bonds. The first-order valence-electron chi connectivity index (χ1n) is 2.81. The molecule has 2 nitrogen and oxygen atoms in total. The summed E-state index contributed by atoms with van der Waals surface area (Å²) in [5, 5.41) is 11.3. The van der Waals surface area contributed by atoms with Crippen molar-refractivity contribution in [3.63, 3.8) is 0 Å². The van der Waals surface area contributed by atoms with Crippen molar-refractivity contribution in [1.29, 1.82) is 0 Å². The highest BCUT2D eigenvalue weighted by molar-refractivity contribution is 7.79. The van der Waals surface area contributed by atoms with E-state index < -0.39 is 6.10 Å². The molecule has 1 rings (SSSR count). The van der Waals surface area contributed by atoms with Gasteiger partial charge in [-0.3, -0.25) is 4.98 Å². The maximum Gasteiger partial charge on any atom is 0.132 e. The fourth-order valence-electron chi connectivity index (χ4n) is 0.598. The molecule has 0 fully saturated rings. The number of aliphatic hydroxyl groups excluding tert-OH is 1. The van der Waals surface area contributed by atoms with E-state index >= 15 is 0 Å². The van der Waals surface area contributed by atoms with E-state index in [0.29, 0.717) is 5.69 Å². The van der Waals surface area contributed by atoms with Gasteiger partial charge in [-0.25, -0.2) is 0 Å². The molecule has 1 N–H and O–H groups in total. The maximum absolute atomic E-state index is 9.05. The maximum atomic E-state index is 9.05. The van der Waals surface area contributed by atoms with Crippen LogP contribution in [0.1, 0.15) is 11.8 Å². The number of rotatable bonds is 2. The summed E-state index contributed by atoms with van der Waals surface area (Å²) in [7, 11) is 0. The number of aromatic nitrogens is 1. The predicted octanol–water partition coefficient (Wildman–Crippen LogP) is 0.992. The second-order valence-electron chi connectivity index (χ2n) is 1.77. The van der Waals surface area contributed by atoms with E-state index in [0.717, 1.165) is 0 Å². The summed E-state index contributed by atoms with van der Waals surface area (Å²) in [6, 6.07) is 5.27. The van der Waals surface area contributed by atoms with Crippen molar-refractivity contribution in [2.75, 3.05) is 0 Å². The van der Waals surface area contributed by atoms with Gasteiger partial charge in [0.15, 0.2) is 0 Å². The van der Waals surface area contributed by atoms with Crippen LogP contribution in [0.4, 0.5) is 0 Å². The minimum absolute atomic E-state index is 0.539. The van der Waals surface area contributed by atoms with Crippen LogP contribution >= 0.6 is 12.2 Å². The third kappa shape index (κ3) is 1.59. The first kappa shape index (κ1) is 7.31. The number of hydrogen-bond donors (Lipinski definition) is 1. The molecule has 0 aliphatic rings. The van der Waals surface area contributed by atoms with Crippen LogP contribution in [-0.2, 0) is 0 Å². The van der Waals surface area contributed by atoms with E-state index in [4.69, 9.17) is 5.11 Å². The smallest absolute Gasteiger partial charge is 0.132 e. The van der Waals surface area contributed by atoms with Crippen molar-refractivity contribution in [3.8, 4) is 0 Å². The lowest BCUT2D eigenvalue weighted by molar-refractivity contribution is 0.250. The Balaban J connectivity index is 2.84. The summed E-state index contributed by atoms with van der Waals surface area (Å²) in [4.78, 5) is 3.87. The van der Waals surface area contributed by atoms with Crippen LogP contribution in [0.5, 0.6) is 0 Å². The van der Waals surface area contributed by atoms with Crippen molar-refractivity contribution in [2.45, 2.75) is 6.10 Å². The lowest BCUT2D eigenvalue weighted by Gasteiger charge is -1.99. The first-order valence-corrected chi connectivity index (χ1v) is 3.22. The van der Waals surface area contributed by atoms with Crippen LogP contribution in [0.2, 0.25) is 0 Å². The molecular weight excluding hydrogens is 146 g/mol. The third-order valence-electron chi connectivity index (χ3n) is 1.08. The minimum Gasteiger partial charge on any atom is -0.381 e. The highest BCUT2D eigenvalue weighted by atomic mass is 32.1. The Morgan fingerprint density at radius 3 is 2.90 bits per heavy atom. The summed E-state index contributed by atoms with van der Waals surface area (Å²) in [6.07, 6.45) is 0.766. The van der Waals surface area contributed by atoms with E-state index in [1.165, 1.54) is 0 Å². The van der Waals surface area contributed by atoms with Gasteiger partial charge in [0.25, 0.3) is 0 Å². The van der Waals surface area contributed by atoms with E-state index in [9.17, 15) is 0 Å². The molecular formula is C7H6NOS. The number of aliphatic hydroxyl groups is 1. The van der Waals surface area contributed by atoms with E-state index in [2.05, 4.69) is 22.6 Å². The number of hydrogen-bond acceptors (Lipinski definition) is 3. The van der Waals surface area contributed by atoms with Gasteiger partial charge in [0, 0.05) is 6.20 Å². The molecule has 0 spiro atoms. The van der Waals surface area contributed by atoms with Crippen LogP contribution in [0, 0.1) is 0 Å². The highest BCUT2D eigenvalue weighted by Gasteiger charge is 2.02. The van der Waals surface area contributed by atoms with Gasteiger partial charge in [0.05, 0.1) is 11.1 Å². The predicted molar refractivity (Wildman–Crippen MR) is 41.8 cm³/mol. The molecule has 0 bridgehead atoms. The normalized spacial score (nSPS) is 12.5. The van der Waals surface area contributed by atoms with E-state index in [-0.39, 0.29) is 0 Å². The fourth-order valence-corrected chi connectivity index (χ4v) is 0.719. The van der Waals surface area contributed by atoms with Crippen LogP contribution in [-0.4, -0.2) is 15.5 Å². The Labute approximate surface area is 64.5 Å². The van der Waals surface area contributed by atoms with Gasteiger partial charge in [0.1, 0.15) is 6.10 Å². The number of nitrogens with zero attached hydrogens (tertiary/aromatic N) is 1. The molecule has 0 saturated heterocycles. The van der Waals surface area contributed by atoms with Crippen LogP contribution < -0.4 is 0 Å². The topological polar surface area (TPSA) is 33.1 Å². The fraction of sp³-hybridized carbons (Fsp3) is 0.143. The minimum atomic E-state index is -0.837. The van der Waals surface area contributed by atoms with Gasteiger partial charge in [-0.2, -0.15) is 0 Å². The quantitative estimate of drug-likeness (QED) is 0.641. The molecule has 0 aliphatic carbocycles. The van der Waals surface area contributed by atoms with Crippen molar-refractivity contribution in [2.24, 2.45) is 0 Å². The van der Waals surface area contributed by atoms with Gasteiger partial charge in [-0.15, -0.1) is 0 Å². The molecule has 0 saturated carbocycles. The largest absolute Gasteiger partial charge is 0.381 e. The summed E-state index contributed by atoms with van der Waals surface area (Å²) >= 11 is 4.42. The molecule has 1 heterocycles. The van der Waals surface area contributed by atoms with Crippen molar-refractivity contribution < 1.29 is 5.11 Å². The number of thiocarbonyl (C=S) groups is 1. The molecule has 1 radical (unpaired) electrons. The molecule has 1 aromatic heterocycles. The zero-order valence-electron chi connectivity index (χ0n) is 5.19. The summed E-state index contributed by atoms with van der Waals surface area (Å²) in [5.74, 6) is 0. The van der Waals surface area contributed by atoms with Crippen molar-refractivity contribution in [1.82, 2.24) is 4.98 Å². The Morgan fingerprint density at radius 1 is 1.60 bits per heavy atom. The van der Waals surface area contributed by atoms with Crippen LogP contribution in [0.25, 0.3) is 0 Å². The van der Waals surface area contributed by atoms with Gasteiger partial charge < -0.3 is 5.11 Å². The monoisotopic (exact) mass is 152 g/mol. The summed E-state index contributed by atoms with van der Waals surface area (Å²) in [5.41, 5.74) is 0.539. The number of pyridine rings is 1. The average molecular weight is 152 g/mol. The zero-order valence-corrected chi connectivity index (χ0v) is 6.01. The Morgan fingerprint density at radius 2 is 2.40 bits per heavy atom.